The van der Waals surface area contributed by atoms with Crippen LogP contribution in [-0.2, 0) is 4.79 Å². The van der Waals surface area contributed by atoms with Crippen LogP contribution < -0.4 is 5.32 Å². The van der Waals surface area contributed by atoms with Gasteiger partial charge in [-0.05, 0) is 26.3 Å². The Morgan fingerprint density at radius 3 is 2.69 bits per heavy atom. The number of nitrogens with one attached hydrogen (secondary N) is 1. The zero-order chi connectivity index (χ0) is 12.1. The summed E-state index contributed by atoms with van der Waals surface area (Å²) >= 11 is 0. The fourth-order valence-electron chi connectivity index (χ4n) is 1.50. The third-order valence-corrected chi connectivity index (χ3v) is 2.60. The highest BCUT2D eigenvalue weighted by Crippen LogP contribution is 2.16. The molecule has 1 amide bonds. The highest BCUT2D eigenvalue weighted by Gasteiger charge is 2.16. The van der Waals surface area contributed by atoms with Crippen LogP contribution in [0.3, 0.4) is 0 Å². The molecule has 88 valence electrons. The van der Waals surface area contributed by atoms with E-state index in [-0.39, 0.29) is 24.5 Å². The van der Waals surface area contributed by atoms with Crippen LogP contribution >= 0.6 is 0 Å². The Balaban J connectivity index is 2.70. The molecule has 3 nitrogen and oxygen atoms in total. The first-order chi connectivity index (χ1) is 7.54. The molecule has 0 aliphatic heterocycles. The molecule has 1 rings (SSSR count). The van der Waals surface area contributed by atoms with Gasteiger partial charge in [0.2, 0.25) is 5.91 Å². The summed E-state index contributed by atoms with van der Waals surface area (Å²) in [6.45, 7) is 5.62. The zero-order valence-electron chi connectivity index (χ0n) is 10.0. The van der Waals surface area contributed by atoms with Crippen molar-refractivity contribution < 1.29 is 9.90 Å². The molecule has 0 saturated heterocycles. The standard InChI is InChI=1S/C13H19NO2/c1-9-5-4-6-12(7-9)11(3)13(16)14-10(2)8-15/h4-7,10-11,15H,8H2,1-3H3,(H,14,16). The Labute approximate surface area is 96.5 Å². The summed E-state index contributed by atoms with van der Waals surface area (Å²) in [7, 11) is 0. The van der Waals surface area contributed by atoms with E-state index in [9.17, 15) is 4.79 Å². The van der Waals surface area contributed by atoms with Crippen molar-refractivity contribution in [2.75, 3.05) is 6.61 Å². The van der Waals surface area contributed by atoms with Crippen molar-refractivity contribution in [3.8, 4) is 0 Å². The minimum atomic E-state index is -0.195. The van der Waals surface area contributed by atoms with Crippen molar-refractivity contribution in [1.29, 1.82) is 0 Å². The van der Waals surface area contributed by atoms with E-state index >= 15 is 0 Å². The summed E-state index contributed by atoms with van der Waals surface area (Å²) in [6, 6.07) is 7.71. The van der Waals surface area contributed by atoms with Crippen LogP contribution in [0, 0.1) is 6.92 Å². The van der Waals surface area contributed by atoms with Gasteiger partial charge in [-0.2, -0.15) is 0 Å². The number of hydrogen-bond donors (Lipinski definition) is 2. The van der Waals surface area contributed by atoms with Crippen LogP contribution in [0.25, 0.3) is 0 Å². The van der Waals surface area contributed by atoms with Gasteiger partial charge in [0, 0.05) is 6.04 Å². The average molecular weight is 221 g/mol. The lowest BCUT2D eigenvalue weighted by Gasteiger charge is -2.16. The van der Waals surface area contributed by atoms with Crippen molar-refractivity contribution in [1.82, 2.24) is 5.32 Å². The van der Waals surface area contributed by atoms with E-state index < -0.39 is 0 Å². The second kappa shape index (κ2) is 5.66. The van der Waals surface area contributed by atoms with Gasteiger partial charge in [0.15, 0.2) is 0 Å². The molecule has 0 radical (unpaired) electrons. The SMILES string of the molecule is Cc1cccc(C(C)C(=O)NC(C)CO)c1. The lowest BCUT2D eigenvalue weighted by atomic mass is 9.98. The van der Waals surface area contributed by atoms with Gasteiger partial charge in [0.05, 0.1) is 12.5 Å². The summed E-state index contributed by atoms with van der Waals surface area (Å²) in [5, 5.41) is 11.6. The summed E-state index contributed by atoms with van der Waals surface area (Å²) in [5.41, 5.74) is 2.15. The van der Waals surface area contributed by atoms with Gasteiger partial charge < -0.3 is 10.4 Å². The van der Waals surface area contributed by atoms with Crippen molar-refractivity contribution in [2.24, 2.45) is 0 Å². The Hall–Kier alpha value is -1.35. The number of rotatable bonds is 4. The summed E-state index contributed by atoms with van der Waals surface area (Å²) in [6.07, 6.45) is 0. The van der Waals surface area contributed by atoms with E-state index in [1.807, 2.05) is 38.1 Å². The average Bonchev–Trinajstić information content (AvgIpc) is 2.27. The van der Waals surface area contributed by atoms with Crippen LogP contribution in [0.15, 0.2) is 24.3 Å². The molecule has 0 fully saturated rings. The molecule has 3 heteroatoms. The number of benzene rings is 1. The molecule has 0 aliphatic carbocycles. The van der Waals surface area contributed by atoms with Crippen LogP contribution in [-0.4, -0.2) is 23.7 Å². The second-order valence-electron chi connectivity index (χ2n) is 4.23. The number of amides is 1. The summed E-state index contributed by atoms with van der Waals surface area (Å²) < 4.78 is 0. The van der Waals surface area contributed by atoms with Crippen LogP contribution in [0.1, 0.15) is 30.9 Å². The van der Waals surface area contributed by atoms with Gasteiger partial charge in [-0.25, -0.2) is 0 Å². The molecule has 0 bridgehead atoms. The molecule has 1 aromatic rings. The molecule has 0 aliphatic rings. The molecule has 2 N–H and O–H groups in total. The largest absolute Gasteiger partial charge is 0.394 e. The number of carbonyl (C=O) groups is 1. The predicted molar refractivity (Wildman–Crippen MR) is 64.3 cm³/mol. The Kier molecular flexibility index (Phi) is 4.50. The lowest BCUT2D eigenvalue weighted by Crippen LogP contribution is -2.37. The smallest absolute Gasteiger partial charge is 0.227 e. The molecule has 2 unspecified atom stereocenters. The normalized spacial score (nSPS) is 14.2. The van der Waals surface area contributed by atoms with E-state index in [4.69, 9.17) is 5.11 Å². The molecule has 0 spiro atoms. The third-order valence-electron chi connectivity index (χ3n) is 2.60. The first-order valence-corrected chi connectivity index (χ1v) is 5.52. The van der Waals surface area contributed by atoms with Gasteiger partial charge in [-0.1, -0.05) is 29.8 Å². The van der Waals surface area contributed by atoms with Crippen molar-refractivity contribution >= 4 is 5.91 Å². The first-order valence-electron chi connectivity index (χ1n) is 5.52. The molecular formula is C13H19NO2. The lowest BCUT2D eigenvalue weighted by molar-refractivity contribution is -0.123. The first kappa shape index (κ1) is 12.7. The molecule has 2 atom stereocenters. The fourth-order valence-corrected chi connectivity index (χ4v) is 1.50. The van der Waals surface area contributed by atoms with Crippen LogP contribution in [0.2, 0.25) is 0 Å². The van der Waals surface area contributed by atoms with E-state index in [0.29, 0.717) is 0 Å². The maximum atomic E-state index is 11.8. The minimum absolute atomic E-state index is 0.0354. The predicted octanol–water partition coefficient (Wildman–Crippen LogP) is 1.60. The van der Waals surface area contributed by atoms with Gasteiger partial charge in [0.25, 0.3) is 0 Å². The number of carbonyl (C=O) groups excluding carboxylic acids is 1. The fraction of sp³-hybridized carbons (Fsp3) is 0.462. The minimum Gasteiger partial charge on any atom is -0.394 e. The Morgan fingerprint density at radius 1 is 1.44 bits per heavy atom. The number of hydrogen-bond acceptors (Lipinski definition) is 2. The number of aryl methyl sites for hydroxylation is 1. The molecular weight excluding hydrogens is 202 g/mol. The Morgan fingerprint density at radius 2 is 2.12 bits per heavy atom. The van der Waals surface area contributed by atoms with Crippen LogP contribution in [0.4, 0.5) is 0 Å². The highest BCUT2D eigenvalue weighted by atomic mass is 16.3. The van der Waals surface area contributed by atoms with Crippen LogP contribution in [0.5, 0.6) is 0 Å². The molecule has 16 heavy (non-hydrogen) atoms. The van der Waals surface area contributed by atoms with Crippen molar-refractivity contribution in [3.63, 3.8) is 0 Å². The van der Waals surface area contributed by atoms with E-state index in [1.54, 1.807) is 6.92 Å². The van der Waals surface area contributed by atoms with E-state index in [1.165, 1.54) is 0 Å². The Bertz CT molecular complexity index is 363. The van der Waals surface area contributed by atoms with Gasteiger partial charge >= 0.3 is 0 Å². The molecule has 0 heterocycles. The summed E-state index contributed by atoms with van der Waals surface area (Å²) in [5.74, 6) is -0.235. The topological polar surface area (TPSA) is 49.3 Å². The molecule has 0 aromatic heterocycles. The van der Waals surface area contributed by atoms with Crippen molar-refractivity contribution in [3.05, 3.63) is 35.4 Å². The van der Waals surface area contributed by atoms with E-state index in [2.05, 4.69) is 5.32 Å². The monoisotopic (exact) mass is 221 g/mol. The van der Waals surface area contributed by atoms with Crippen molar-refractivity contribution in [2.45, 2.75) is 32.7 Å². The zero-order valence-corrected chi connectivity index (χ0v) is 10.0. The highest BCUT2D eigenvalue weighted by molar-refractivity contribution is 5.83. The number of aliphatic hydroxyl groups is 1. The van der Waals surface area contributed by atoms with Gasteiger partial charge in [-0.3, -0.25) is 4.79 Å². The maximum Gasteiger partial charge on any atom is 0.227 e. The second-order valence-corrected chi connectivity index (χ2v) is 4.23. The van der Waals surface area contributed by atoms with Gasteiger partial charge in [0.1, 0.15) is 0 Å². The third kappa shape index (κ3) is 3.35. The quantitative estimate of drug-likeness (QED) is 0.811. The maximum absolute atomic E-state index is 11.8. The van der Waals surface area contributed by atoms with Gasteiger partial charge in [-0.15, -0.1) is 0 Å². The molecule has 1 aromatic carbocycles. The number of aliphatic hydroxyl groups excluding tert-OH is 1. The summed E-state index contributed by atoms with van der Waals surface area (Å²) in [4.78, 5) is 11.8. The van der Waals surface area contributed by atoms with E-state index in [0.717, 1.165) is 11.1 Å². The molecule has 0 saturated carbocycles.